The molecule has 1 aliphatic carbocycles. The minimum absolute atomic E-state index is 0.0441. The van der Waals surface area contributed by atoms with Crippen molar-refractivity contribution in [3.8, 4) is 11.5 Å². The molecule has 2 aromatic rings. The highest BCUT2D eigenvalue weighted by atomic mass is 32.2. The highest BCUT2D eigenvalue weighted by Gasteiger charge is 2.25. The lowest BCUT2D eigenvalue weighted by Gasteiger charge is -2.26. The summed E-state index contributed by atoms with van der Waals surface area (Å²) in [6, 6.07) is 5.95. The first-order valence-electron chi connectivity index (χ1n) is 9.95. The van der Waals surface area contributed by atoms with Gasteiger partial charge in [-0.2, -0.15) is 0 Å². The minimum atomic E-state index is -0.256. The summed E-state index contributed by atoms with van der Waals surface area (Å²) in [5.41, 5.74) is 2.99. The van der Waals surface area contributed by atoms with E-state index in [1.54, 1.807) is 6.07 Å². The topological polar surface area (TPSA) is 65.4 Å². The molecule has 150 valence electrons. The SMILES string of the molecule is Cc1nc(SC(C)C(=O)Nc2ccc3c(c2)OCO3)n(C2CCCCC2)c1C. The molecule has 2 aliphatic rings. The number of thioether (sulfide) groups is 1. The van der Waals surface area contributed by atoms with E-state index in [0.717, 1.165) is 10.9 Å². The predicted octanol–water partition coefficient (Wildman–Crippen LogP) is 4.85. The van der Waals surface area contributed by atoms with Gasteiger partial charge in [0.05, 0.1) is 10.9 Å². The average molecular weight is 402 g/mol. The van der Waals surface area contributed by atoms with Crippen LogP contribution in [0.1, 0.15) is 56.5 Å². The van der Waals surface area contributed by atoms with Crippen LogP contribution in [-0.4, -0.2) is 27.5 Å². The number of anilines is 1. The van der Waals surface area contributed by atoms with Gasteiger partial charge >= 0.3 is 0 Å². The Morgan fingerprint density at radius 3 is 2.75 bits per heavy atom. The highest BCUT2D eigenvalue weighted by molar-refractivity contribution is 8.00. The van der Waals surface area contributed by atoms with E-state index < -0.39 is 0 Å². The molecular weight excluding hydrogens is 374 g/mol. The molecule has 1 N–H and O–H groups in total. The minimum Gasteiger partial charge on any atom is -0.454 e. The third kappa shape index (κ3) is 3.85. The Labute approximate surface area is 170 Å². The van der Waals surface area contributed by atoms with Crippen LogP contribution in [0.15, 0.2) is 23.4 Å². The third-order valence-corrected chi connectivity index (χ3v) is 6.65. The molecule has 1 saturated carbocycles. The smallest absolute Gasteiger partial charge is 0.237 e. The summed E-state index contributed by atoms with van der Waals surface area (Å²) in [7, 11) is 0. The molecule has 2 heterocycles. The van der Waals surface area contributed by atoms with E-state index in [1.807, 2.05) is 19.1 Å². The van der Waals surface area contributed by atoms with Crippen LogP contribution < -0.4 is 14.8 Å². The van der Waals surface area contributed by atoms with Gasteiger partial charge in [0, 0.05) is 23.5 Å². The molecule has 28 heavy (non-hydrogen) atoms. The van der Waals surface area contributed by atoms with Crippen LogP contribution in [0.3, 0.4) is 0 Å². The first kappa shape index (κ1) is 19.2. The van der Waals surface area contributed by atoms with E-state index in [-0.39, 0.29) is 18.0 Å². The van der Waals surface area contributed by atoms with Gasteiger partial charge in [-0.3, -0.25) is 4.79 Å². The summed E-state index contributed by atoms with van der Waals surface area (Å²) in [6.07, 6.45) is 6.25. The van der Waals surface area contributed by atoms with E-state index in [1.165, 1.54) is 49.6 Å². The Morgan fingerprint density at radius 2 is 1.96 bits per heavy atom. The second-order valence-electron chi connectivity index (χ2n) is 7.54. The van der Waals surface area contributed by atoms with Gasteiger partial charge in [0.1, 0.15) is 0 Å². The molecule has 1 aromatic carbocycles. The summed E-state index contributed by atoms with van der Waals surface area (Å²) >= 11 is 1.54. The number of aryl methyl sites for hydroxylation is 1. The number of amides is 1. The van der Waals surface area contributed by atoms with Crippen molar-refractivity contribution in [3.63, 3.8) is 0 Å². The molecule has 6 nitrogen and oxygen atoms in total. The number of carbonyl (C=O) groups excluding carboxylic acids is 1. The lowest BCUT2D eigenvalue weighted by molar-refractivity contribution is -0.115. The molecule has 0 radical (unpaired) electrons. The number of nitrogens with zero attached hydrogens (tertiary/aromatic N) is 2. The monoisotopic (exact) mass is 401 g/mol. The first-order valence-corrected chi connectivity index (χ1v) is 10.8. The molecule has 0 spiro atoms. The largest absolute Gasteiger partial charge is 0.454 e. The van der Waals surface area contributed by atoms with E-state index in [2.05, 4.69) is 23.7 Å². The van der Waals surface area contributed by atoms with Crippen molar-refractivity contribution in [2.75, 3.05) is 12.1 Å². The molecule has 1 aromatic heterocycles. The van der Waals surface area contributed by atoms with Gasteiger partial charge < -0.3 is 19.4 Å². The van der Waals surface area contributed by atoms with Crippen LogP contribution in [0, 0.1) is 13.8 Å². The van der Waals surface area contributed by atoms with Crippen LogP contribution in [0.4, 0.5) is 5.69 Å². The summed E-state index contributed by atoms with van der Waals surface area (Å²) in [4.78, 5) is 17.5. The molecule has 7 heteroatoms. The van der Waals surface area contributed by atoms with Crippen LogP contribution in [-0.2, 0) is 4.79 Å². The number of benzene rings is 1. The Balaban J connectivity index is 1.46. The predicted molar refractivity (Wildman–Crippen MR) is 110 cm³/mol. The van der Waals surface area contributed by atoms with Crippen molar-refractivity contribution in [3.05, 3.63) is 29.6 Å². The van der Waals surface area contributed by atoms with E-state index in [0.29, 0.717) is 23.2 Å². The Morgan fingerprint density at radius 1 is 1.21 bits per heavy atom. The van der Waals surface area contributed by atoms with Crippen molar-refractivity contribution >= 4 is 23.4 Å². The fourth-order valence-electron chi connectivity index (χ4n) is 3.88. The Bertz CT molecular complexity index is 874. The quantitative estimate of drug-likeness (QED) is 0.725. The molecule has 1 unspecified atom stereocenters. The highest BCUT2D eigenvalue weighted by Crippen LogP contribution is 2.36. The van der Waals surface area contributed by atoms with Gasteiger partial charge in [-0.25, -0.2) is 4.98 Å². The van der Waals surface area contributed by atoms with Gasteiger partial charge in [-0.05, 0) is 45.7 Å². The zero-order chi connectivity index (χ0) is 19.7. The van der Waals surface area contributed by atoms with Crippen molar-refractivity contribution in [2.45, 2.75) is 69.3 Å². The van der Waals surface area contributed by atoms with Gasteiger partial charge in [-0.1, -0.05) is 31.0 Å². The van der Waals surface area contributed by atoms with Crippen molar-refractivity contribution in [2.24, 2.45) is 0 Å². The van der Waals surface area contributed by atoms with Gasteiger partial charge in [0.15, 0.2) is 16.7 Å². The molecule has 1 amide bonds. The summed E-state index contributed by atoms with van der Waals surface area (Å²) < 4.78 is 13.1. The number of nitrogens with one attached hydrogen (secondary N) is 1. The average Bonchev–Trinajstić information content (AvgIpc) is 3.26. The van der Waals surface area contributed by atoms with E-state index >= 15 is 0 Å². The van der Waals surface area contributed by atoms with Crippen LogP contribution in [0.2, 0.25) is 0 Å². The van der Waals surface area contributed by atoms with Gasteiger partial charge in [-0.15, -0.1) is 0 Å². The number of ether oxygens (including phenoxy) is 2. The first-order chi connectivity index (χ1) is 13.5. The van der Waals surface area contributed by atoms with Crippen LogP contribution in [0.5, 0.6) is 11.5 Å². The fraction of sp³-hybridized carbons (Fsp3) is 0.524. The zero-order valence-electron chi connectivity index (χ0n) is 16.7. The fourth-order valence-corrected chi connectivity index (χ4v) is 4.95. The number of imidazole rings is 1. The number of aromatic nitrogens is 2. The number of hydrogen-bond donors (Lipinski definition) is 1. The normalized spacial score (nSPS) is 17.5. The van der Waals surface area contributed by atoms with Crippen molar-refractivity contribution < 1.29 is 14.3 Å². The zero-order valence-corrected chi connectivity index (χ0v) is 17.5. The summed E-state index contributed by atoms with van der Waals surface area (Å²) in [5, 5.41) is 3.68. The maximum Gasteiger partial charge on any atom is 0.237 e. The Kier molecular flexibility index (Phi) is 5.53. The maximum atomic E-state index is 12.8. The van der Waals surface area contributed by atoms with Crippen LogP contribution >= 0.6 is 11.8 Å². The molecule has 0 saturated heterocycles. The number of hydrogen-bond acceptors (Lipinski definition) is 5. The van der Waals surface area contributed by atoms with E-state index in [4.69, 9.17) is 14.5 Å². The van der Waals surface area contributed by atoms with Gasteiger partial charge in [0.25, 0.3) is 0 Å². The van der Waals surface area contributed by atoms with E-state index in [9.17, 15) is 4.79 Å². The summed E-state index contributed by atoms with van der Waals surface area (Å²) in [6.45, 7) is 6.34. The van der Waals surface area contributed by atoms with Crippen molar-refractivity contribution in [1.82, 2.24) is 9.55 Å². The lowest BCUT2D eigenvalue weighted by Crippen LogP contribution is -2.23. The summed E-state index contributed by atoms with van der Waals surface area (Å²) in [5.74, 6) is 1.33. The van der Waals surface area contributed by atoms with Gasteiger partial charge in [0.2, 0.25) is 12.7 Å². The second-order valence-corrected chi connectivity index (χ2v) is 8.85. The standard InChI is InChI=1S/C21H27N3O3S/c1-13-14(2)24(17-7-5-4-6-8-17)21(22-13)28-15(3)20(25)23-16-9-10-18-19(11-16)27-12-26-18/h9-11,15,17H,4-8,12H2,1-3H3,(H,23,25). The molecule has 1 aliphatic heterocycles. The molecule has 4 rings (SSSR count). The molecule has 1 atom stereocenters. The third-order valence-electron chi connectivity index (χ3n) is 5.59. The molecular formula is C21H27N3O3S. The van der Waals surface area contributed by atoms with Crippen LogP contribution in [0.25, 0.3) is 0 Å². The number of fused-ring (bicyclic) bond motifs is 1. The number of rotatable bonds is 5. The van der Waals surface area contributed by atoms with Crippen molar-refractivity contribution in [1.29, 1.82) is 0 Å². The molecule has 0 bridgehead atoms. The molecule has 1 fully saturated rings. The lowest BCUT2D eigenvalue weighted by atomic mass is 9.95. The second kappa shape index (κ2) is 8.07. The Hall–Kier alpha value is -2.15. The number of carbonyl (C=O) groups is 1. The maximum absolute atomic E-state index is 12.8.